The molecule has 2 rings (SSSR count). The van der Waals surface area contributed by atoms with Crippen molar-refractivity contribution >= 4 is 11.3 Å². The molecule has 3 heteroatoms. The molecule has 0 aliphatic carbocycles. The SMILES string of the molecule is Cc1ccc(C)c(OCc2cscn2)c1. The summed E-state index contributed by atoms with van der Waals surface area (Å²) in [5.41, 5.74) is 5.19. The summed E-state index contributed by atoms with van der Waals surface area (Å²) in [4.78, 5) is 4.18. The highest BCUT2D eigenvalue weighted by molar-refractivity contribution is 7.07. The maximum Gasteiger partial charge on any atom is 0.131 e. The quantitative estimate of drug-likeness (QED) is 0.790. The molecule has 0 saturated heterocycles. The largest absolute Gasteiger partial charge is 0.487 e. The van der Waals surface area contributed by atoms with Gasteiger partial charge >= 0.3 is 0 Å². The number of hydrogen-bond acceptors (Lipinski definition) is 3. The molecule has 0 amide bonds. The van der Waals surface area contributed by atoms with Crippen molar-refractivity contribution in [3.8, 4) is 5.75 Å². The summed E-state index contributed by atoms with van der Waals surface area (Å²) >= 11 is 1.59. The van der Waals surface area contributed by atoms with Crippen molar-refractivity contribution in [2.24, 2.45) is 0 Å². The van der Waals surface area contributed by atoms with Gasteiger partial charge in [0.05, 0.1) is 11.2 Å². The second-order valence-corrected chi connectivity index (χ2v) is 4.26. The van der Waals surface area contributed by atoms with Crippen LogP contribution in [0.5, 0.6) is 5.75 Å². The molecule has 1 aromatic heterocycles. The fraction of sp³-hybridized carbons (Fsp3) is 0.250. The van der Waals surface area contributed by atoms with Crippen LogP contribution in [0.4, 0.5) is 0 Å². The molecule has 15 heavy (non-hydrogen) atoms. The Morgan fingerprint density at radius 1 is 1.33 bits per heavy atom. The predicted molar refractivity (Wildman–Crippen MR) is 62.4 cm³/mol. The van der Waals surface area contributed by atoms with E-state index in [1.54, 1.807) is 11.3 Å². The van der Waals surface area contributed by atoms with Gasteiger partial charge in [0, 0.05) is 5.38 Å². The molecule has 1 aromatic carbocycles. The Labute approximate surface area is 93.6 Å². The number of hydrogen-bond donors (Lipinski definition) is 0. The minimum absolute atomic E-state index is 0.549. The lowest BCUT2D eigenvalue weighted by atomic mass is 10.1. The Morgan fingerprint density at radius 3 is 2.93 bits per heavy atom. The molecule has 0 aliphatic rings. The molecule has 0 unspecified atom stereocenters. The zero-order chi connectivity index (χ0) is 10.7. The first-order valence-corrected chi connectivity index (χ1v) is 5.77. The van der Waals surface area contributed by atoms with Crippen LogP contribution in [0.25, 0.3) is 0 Å². The van der Waals surface area contributed by atoms with Gasteiger partial charge in [-0.2, -0.15) is 0 Å². The Hall–Kier alpha value is -1.35. The first-order chi connectivity index (χ1) is 7.25. The maximum absolute atomic E-state index is 5.71. The van der Waals surface area contributed by atoms with Gasteiger partial charge in [-0.15, -0.1) is 11.3 Å². The lowest BCUT2D eigenvalue weighted by molar-refractivity contribution is 0.300. The standard InChI is InChI=1S/C12H13NOS/c1-9-3-4-10(2)12(5-9)14-6-11-7-15-8-13-11/h3-5,7-8H,6H2,1-2H3. The van der Waals surface area contributed by atoms with Crippen LogP contribution in [-0.4, -0.2) is 4.98 Å². The van der Waals surface area contributed by atoms with Crippen molar-refractivity contribution in [2.45, 2.75) is 20.5 Å². The van der Waals surface area contributed by atoms with E-state index in [1.807, 2.05) is 10.9 Å². The average Bonchev–Trinajstić information content (AvgIpc) is 2.72. The summed E-state index contributed by atoms with van der Waals surface area (Å²) in [7, 11) is 0. The third-order valence-corrected chi connectivity index (χ3v) is 2.84. The highest BCUT2D eigenvalue weighted by Crippen LogP contribution is 2.20. The lowest BCUT2D eigenvalue weighted by Gasteiger charge is -2.08. The number of rotatable bonds is 3. The second-order valence-electron chi connectivity index (χ2n) is 3.54. The smallest absolute Gasteiger partial charge is 0.131 e. The van der Waals surface area contributed by atoms with E-state index in [4.69, 9.17) is 4.74 Å². The van der Waals surface area contributed by atoms with Crippen LogP contribution < -0.4 is 4.74 Å². The van der Waals surface area contributed by atoms with Gasteiger partial charge in [0.15, 0.2) is 0 Å². The minimum Gasteiger partial charge on any atom is -0.487 e. The van der Waals surface area contributed by atoms with Gasteiger partial charge in [0.25, 0.3) is 0 Å². The fourth-order valence-electron chi connectivity index (χ4n) is 1.32. The Balaban J connectivity index is 2.07. The van der Waals surface area contributed by atoms with Gasteiger partial charge in [0.1, 0.15) is 12.4 Å². The zero-order valence-corrected chi connectivity index (χ0v) is 9.67. The van der Waals surface area contributed by atoms with Crippen LogP contribution in [0.15, 0.2) is 29.1 Å². The molecule has 0 N–H and O–H groups in total. The van der Waals surface area contributed by atoms with E-state index in [1.165, 1.54) is 5.56 Å². The lowest BCUT2D eigenvalue weighted by Crippen LogP contribution is -1.97. The molecular weight excluding hydrogens is 206 g/mol. The normalized spacial score (nSPS) is 10.3. The van der Waals surface area contributed by atoms with Crippen LogP contribution in [0, 0.1) is 13.8 Å². The third kappa shape index (κ3) is 2.57. The summed E-state index contributed by atoms with van der Waals surface area (Å²) in [5.74, 6) is 0.947. The zero-order valence-electron chi connectivity index (χ0n) is 8.86. The summed E-state index contributed by atoms with van der Waals surface area (Å²) in [5, 5.41) is 2.01. The van der Waals surface area contributed by atoms with E-state index in [9.17, 15) is 0 Å². The molecule has 0 saturated carbocycles. The summed E-state index contributed by atoms with van der Waals surface area (Å²) in [6.45, 7) is 4.67. The summed E-state index contributed by atoms with van der Waals surface area (Å²) in [6, 6.07) is 6.22. The fourth-order valence-corrected chi connectivity index (χ4v) is 1.87. The molecule has 0 aliphatic heterocycles. The molecule has 0 radical (unpaired) electrons. The van der Waals surface area contributed by atoms with Gasteiger partial charge < -0.3 is 4.74 Å². The van der Waals surface area contributed by atoms with Crippen LogP contribution in [-0.2, 0) is 6.61 Å². The molecule has 0 fully saturated rings. The number of aryl methyl sites for hydroxylation is 2. The molecule has 0 spiro atoms. The Bertz CT molecular complexity index is 437. The van der Waals surface area contributed by atoms with Crippen molar-refractivity contribution in [2.75, 3.05) is 0 Å². The number of nitrogens with zero attached hydrogens (tertiary/aromatic N) is 1. The van der Waals surface area contributed by atoms with Crippen LogP contribution >= 0.6 is 11.3 Å². The van der Waals surface area contributed by atoms with E-state index in [-0.39, 0.29) is 0 Å². The first kappa shape index (κ1) is 10.2. The van der Waals surface area contributed by atoms with Crippen molar-refractivity contribution in [3.63, 3.8) is 0 Å². The van der Waals surface area contributed by atoms with E-state index in [0.29, 0.717) is 6.61 Å². The van der Waals surface area contributed by atoms with Crippen molar-refractivity contribution < 1.29 is 4.74 Å². The molecule has 78 valence electrons. The predicted octanol–water partition coefficient (Wildman–Crippen LogP) is 3.34. The third-order valence-electron chi connectivity index (χ3n) is 2.20. The molecule has 2 nitrogen and oxygen atoms in total. The van der Waals surface area contributed by atoms with Gasteiger partial charge in [-0.3, -0.25) is 0 Å². The van der Waals surface area contributed by atoms with Crippen molar-refractivity contribution in [3.05, 3.63) is 45.9 Å². The van der Waals surface area contributed by atoms with Gasteiger partial charge in [-0.05, 0) is 31.0 Å². The molecular formula is C12H13NOS. The average molecular weight is 219 g/mol. The number of ether oxygens (including phenoxy) is 1. The van der Waals surface area contributed by atoms with Crippen molar-refractivity contribution in [1.29, 1.82) is 0 Å². The van der Waals surface area contributed by atoms with Crippen LogP contribution in [0.2, 0.25) is 0 Å². The molecule has 0 bridgehead atoms. The monoisotopic (exact) mass is 219 g/mol. The van der Waals surface area contributed by atoms with E-state index >= 15 is 0 Å². The summed E-state index contributed by atoms with van der Waals surface area (Å²) in [6.07, 6.45) is 0. The highest BCUT2D eigenvalue weighted by atomic mass is 32.1. The Morgan fingerprint density at radius 2 is 2.20 bits per heavy atom. The topological polar surface area (TPSA) is 22.1 Å². The summed E-state index contributed by atoms with van der Waals surface area (Å²) < 4.78 is 5.71. The molecule has 0 atom stereocenters. The van der Waals surface area contributed by atoms with E-state index in [0.717, 1.165) is 17.0 Å². The Kier molecular flexibility index (Phi) is 3.02. The van der Waals surface area contributed by atoms with Crippen molar-refractivity contribution in [1.82, 2.24) is 4.98 Å². The highest BCUT2D eigenvalue weighted by Gasteiger charge is 2.01. The maximum atomic E-state index is 5.71. The van der Waals surface area contributed by atoms with Crippen LogP contribution in [0.3, 0.4) is 0 Å². The first-order valence-electron chi connectivity index (χ1n) is 4.83. The van der Waals surface area contributed by atoms with E-state index < -0.39 is 0 Å². The van der Waals surface area contributed by atoms with Gasteiger partial charge in [0.2, 0.25) is 0 Å². The number of benzene rings is 1. The van der Waals surface area contributed by atoms with E-state index in [2.05, 4.69) is 37.0 Å². The van der Waals surface area contributed by atoms with Gasteiger partial charge in [-0.1, -0.05) is 12.1 Å². The number of thiazole rings is 1. The van der Waals surface area contributed by atoms with Crippen LogP contribution in [0.1, 0.15) is 16.8 Å². The van der Waals surface area contributed by atoms with Gasteiger partial charge in [-0.25, -0.2) is 4.98 Å². The molecule has 2 aromatic rings. The second kappa shape index (κ2) is 4.45. The molecule has 1 heterocycles. The minimum atomic E-state index is 0.549. The number of aromatic nitrogens is 1.